The molecular formula is C20H16N4S. The number of hydrogen-bond donors (Lipinski definition) is 1. The molecule has 0 spiro atoms. The van der Waals surface area contributed by atoms with Crippen molar-refractivity contribution in [1.82, 2.24) is 9.78 Å². The summed E-state index contributed by atoms with van der Waals surface area (Å²) in [5.74, 6) is 0. The van der Waals surface area contributed by atoms with Crippen LogP contribution in [-0.2, 0) is 0 Å². The lowest BCUT2D eigenvalue weighted by molar-refractivity contribution is 0.884. The highest BCUT2D eigenvalue weighted by Gasteiger charge is 2.12. The van der Waals surface area contributed by atoms with Crippen LogP contribution in [0.25, 0.3) is 23.0 Å². The fourth-order valence-electron chi connectivity index (χ4n) is 2.46. The van der Waals surface area contributed by atoms with Crippen LogP contribution < -0.4 is 5.73 Å². The lowest BCUT2D eigenvalue weighted by atomic mass is 10.0. The van der Waals surface area contributed by atoms with Crippen LogP contribution in [0.4, 0.5) is 0 Å². The van der Waals surface area contributed by atoms with Gasteiger partial charge in [0, 0.05) is 17.3 Å². The molecule has 0 bridgehead atoms. The fraction of sp³-hybridized carbons (Fsp3) is 0.0500. The van der Waals surface area contributed by atoms with Gasteiger partial charge in [0.05, 0.1) is 17.0 Å². The maximum atomic E-state index is 9.27. The first kappa shape index (κ1) is 16.6. The Morgan fingerprint density at radius 1 is 1.16 bits per heavy atom. The zero-order valence-corrected chi connectivity index (χ0v) is 14.5. The van der Waals surface area contributed by atoms with Gasteiger partial charge >= 0.3 is 0 Å². The van der Waals surface area contributed by atoms with E-state index in [2.05, 4.69) is 0 Å². The summed E-state index contributed by atoms with van der Waals surface area (Å²) in [4.78, 5) is 0.0739. The second kappa shape index (κ2) is 7.12. The third kappa shape index (κ3) is 3.65. The maximum absolute atomic E-state index is 9.27. The van der Waals surface area contributed by atoms with Crippen molar-refractivity contribution < 1.29 is 0 Å². The molecule has 25 heavy (non-hydrogen) atoms. The molecule has 2 aromatic carbocycles. The molecule has 0 radical (unpaired) electrons. The molecule has 0 aliphatic rings. The van der Waals surface area contributed by atoms with Crippen molar-refractivity contribution in [2.75, 3.05) is 0 Å². The second-order valence-electron chi connectivity index (χ2n) is 5.61. The summed E-state index contributed by atoms with van der Waals surface area (Å²) < 4.78 is 1.79. The normalized spacial score (nSPS) is 11.1. The number of hydrogen-bond acceptors (Lipinski definition) is 3. The summed E-state index contributed by atoms with van der Waals surface area (Å²) >= 11 is 4.95. The van der Waals surface area contributed by atoms with Crippen LogP contribution in [-0.4, -0.2) is 14.8 Å². The maximum Gasteiger partial charge on any atom is 0.114 e. The second-order valence-corrected chi connectivity index (χ2v) is 6.05. The summed E-state index contributed by atoms with van der Waals surface area (Å²) in [7, 11) is 0. The molecule has 0 atom stereocenters. The third-order valence-electron chi connectivity index (χ3n) is 3.77. The molecule has 0 aliphatic heterocycles. The molecule has 2 N–H and O–H groups in total. The molecule has 3 aromatic rings. The standard InChI is InChI=1S/C20H16N4S/c1-14-7-9-15(10-8-14)19-17(11-16(12-21)20(22)25)13-24(23-19)18-5-3-2-4-6-18/h2-11,13H,1H3,(H2,22,25)/b16-11-. The zero-order valence-electron chi connectivity index (χ0n) is 13.7. The molecular weight excluding hydrogens is 328 g/mol. The summed E-state index contributed by atoms with van der Waals surface area (Å²) in [6.45, 7) is 2.04. The Kier molecular flexibility index (Phi) is 4.73. The molecule has 0 saturated heterocycles. The molecule has 0 aliphatic carbocycles. The summed E-state index contributed by atoms with van der Waals surface area (Å²) in [6, 6.07) is 19.9. The number of rotatable bonds is 4. The zero-order chi connectivity index (χ0) is 17.8. The van der Waals surface area contributed by atoms with E-state index in [1.165, 1.54) is 5.56 Å². The van der Waals surface area contributed by atoms with Gasteiger partial charge in [-0.15, -0.1) is 0 Å². The molecule has 5 heteroatoms. The van der Waals surface area contributed by atoms with E-state index in [1.807, 2.05) is 73.8 Å². The Morgan fingerprint density at radius 2 is 1.84 bits per heavy atom. The van der Waals surface area contributed by atoms with Crippen molar-refractivity contribution in [2.45, 2.75) is 6.92 Å². The highest BCUT2D eigenvalue weighted by atomic mass is 32.1. The van der Waals surface area contributed by atoms with Crippen LogP contribution >= 0.6 is 12.2 Å². The molecule has 122 valence electrons. The van der Waals surface area contributed by atoms with Crippen LogP contribution in [0.15, 0.2) is 66.4 Å². The predicted molar refractivity (Wildman–Crippen MR) is 104 cm³/mol. The van der Waals surface area contributed by atoms with E-state index < -0.39 is 0 Å². The molecule has 1 aromatic heterocycles. The number of para-hydroxylation sites is 1. The topological polar surface area (TPSA) is 67.6 Å². The predicted octanol–water partition coefficient (Wildman–Crippen LogP) is 4.04. The van der Waals surface area contributed by atoms with Gasteiger partial charge in [-0.3, -0.25) is 0 Å². The van der Waals surface area contributed by atoms with Crippen LogP contribution in [0.1, 0.15) is 11.1 Å². The smallest absolute Gasteiger partial charge is 0.114 e. The van der Waals surface area contributed by atoms with E-state index in [1.54, 1.807) is 10.8 Å². The van der Waals surface area contributed by atoms with E-state index in [0.717, 1.165) is 22.5 Å². The van der Waals surface area contributed by atoms with Crippen molar-refractivity contribution in [1.29, 1.82) is 5.26 Å². The molecule has 4 nitrogen and oxygen atoms in total. The van der Waals surface area contributed by atoms with E-state index in [4.69, 9.17) is 23.1 Å². The first-order valence-electron chi connectivity index (χ1n) is 7.72. The summed E-state index contributed by atoms with van der Waals surface area (Å²) in [5, 5.41) is 14.0. The van der Waals surface area contributed by atoms with Crippen molar-refractivity contribution in [3.8, 4) is 23.0 Å². The minimum absolute atomic E-state index is 0.0739. The number of aromatic nitrogens is 2. The Balaban J connectivity index is 2.18. The first-order chi connectivity index (χ1) is 12.1. The molecule has 0 saturated carbocycles. The van der Waals surface area contributed by atoms with Crippen LogP contribution in [0, 0.1) is 18.3 Å². The van der Waals surface area contributed by atoms with Crippen LogP contribution in [0.2, 0.25) is 0 Å². The number of benzene rings is 2. The number of aryl methyl sites for hydroxylation is 1. The van der Waals surface area contributed by atoms with Gasteiger partial charge in [0.25, 0.3) is 0 Å². The average molecular weight is 344 g/mol. The lowest BCUT2D eigenvalue weighted by Gasteiger charge is -2.01. The SMILES string of the molecule is Cc1ccc(-c2nn(-c3ccccc3)cc2/C=C(/C#N)C(N)=S)cc1. The fourth-order valence-corrected chi connectivity index (χ4v) is 2.56. The number of thiocarbonyl (C=S) groups is 1. The van der Waals surface area contributed by atoms with Crippen molar-refractivity contribution >= 4 is 23.3 Å². The third-order valence-corrected chi connectivity index (χ3v) is 3.99. The number of nitriles is 1. The quantitative estimate of drug-likeness (QED) is 0.441. The molecule has 0 fully saturated rings. The average Bonchev–Trinajstić information content (AvgIpc) is 3.04. The molecule has 3 rings (SSSR count). The van der Waals surface area contributed by atoms with E-state index in [9.17, 15) is 5.26 Å². The van der Waals surface area contributed by atoms with Gasteiger partial charge in [-0.25, -0.2) is 4.68 Å². The van der Waals surface area contributed by atoms with Crippen LogP contribution in [0.3, 0.4) is 0 Å². The van der Waals surface area contributed by atoms with Gasteiger partial charge in [-0.05, 0) is 25.1 Å². The van der Waals surface area contributed by atoms with Gasteiger partial charge in [0.2, 0.25) is 0 Å². The summed E-state index contributed by atoms with van der Waals surface area (Å²) in [5.41, 5.74) is 10.5. The van der Waals surface area contributed by atoms with Gasteiger partial charge < -0.3 is 5.73 Å². The Morgan fingerprint density at radius 3 is 2.44 bits per heavy atom. The monoisotopic (exact) mass is 344 g/mol. The van der Waals surface area contributed by atoms with Gasteiger partial charge in [-0.1, -0.05) is 60.2 Å². The Bertz CT molecular complexity index is 977. The number of nitrogens with zero attached hydrogens (tertiary/aromatic N) is 3. The highest BCUT2D eigenvalue weighted by molar-refractivity contribution is 7.80. The van der Waals surface area contributed by atoms with Crippen molar-refractivity contribution in [3.05, 3.63) is 77.5 Å². The Hall–Kier alpha value is -3.23. The van der Waals surface area contributed by atoms with E-state index in [0.29, 0.717) is 0 Å². The number of nitrogens with two attached hydrogens (primary N) is 1. The van der Waals surface area contributed by atoms with Crippen molar-refractivity contribution in [2.24, 2.45) is 5.73 Å². The summed E-state index contributed by atoms with van der Waals surface area (Å²) in [6.07, 6.45) is 3.56. The molecule has 0 amide bonds. The van der Waals surface area contributed by atoms with Crippen molar-refractivity contribution in [3.63, 3.8) is 0 Å². The van der Waals surface area contributed by atoms with Gasteiger partial charge in [-0.2, -0.15) is 10.4 Å². The largest absolute Gasteiger partial charge is 0.389 e. The van der Waals surface area contributed by atoms with Crippen LogP contribution in [0.5, 0.6) is 0 Å². The minimum Gasteiger partial charge on any atom is -0.389 e. The first-order valence-corrected chi connectivity index (χ1v) is 8.13. The minimum atomic E-state index is 0.0739. The Labute approximate surface area is 151 Å². The lowest BCUT2D eigenvalue weighted by Crippen LogP contribution is -2.09. The van der Waals surface area contributed by atoms with Gasteiger partial charge in [0.1, 0.15) is 11.1 Å². The molecule has 1 heterocycles. The highest BCUT2D eigenvalue weighted by Crippen LogP contribution is 2.26. The molecule has 0 unspecified atom stereocenters. The van der Waals surface area contributed by atoms with Gasteiger partial charge in [0.15, 0.2) is 0 Å². The van der Waals surface area contributed by atoms with E-state index in [-0.39, 0.29) is 10.6 Å². The van der Waals surface area contributed by atoms with E-state index >= 15 is 0 Å².